The highest BCUT2D eigenvalue weighted by molar-refractivity contribution is 5.70. The Morgan fingerprint density at radius 1 is 0.411 bits per heavy atom. The van der Waals surface area contributed by atoms with Crippen LogP contribution in [0.5, 0.6) is 0 Å². The predicted octanol–water partition coefficient (Wildman–Crippen LogP) is 16.2. The van der Waals surface area contributed by atoms with Gasteiger partial charge >= 0.3 is 11.9 Å². The Balaban J connectivity index is 4.24. The highest BCUT2D eigenvalue weighted by Gasteiger charge is 2.17. The normalized spacial score (nSPS) is 12.4. The summed E-state index contributed by atoms with van der Waals surface area (Å²) in [4.78, 5) is 25.3. The Morgan fingerprint density at radius 2 is 0.804 bits per heavy atom. The van der Waals surface area contributed by atoms with Crippen molar-refractivity contribution in [3.63, 3.8) is 0 Å². The molecule has 0 saturated heterocycles. The van der Waals surface area contributed by atoms with Crippen LogP contribution >= 0.6 is 0 Å². The van der Waals surface area contributed by atoms with E-state index in [1.54, 1.807) is 0 Å². The second-order valence-corrected chi connectivity index (χ2v) is 16.4. The molecule has 0 aromatic rings. The lowest BCUT2D eigenvalue weighted by molar-refractivity contribution is -0.163. The average Bonchev–Trinajstić information content (AvgIpc) is 3.20. The SMILES string of the molecule is CC/C=C\C/C=C\C/C=C\CCCCCCCC(=O)OCC(COCCCCCCCCCCCCCCCC)OC(=O)CCCCCCCCCCCCC. The molecule has 1 unspecified atom stereocenters. The molecular formula is C51H94O5. The Hall–Kier alpha value is -1.88. The number of rotatable bonds is 45. The highest BCUT2D eigenvalue weighted by Crippen LogP contribution is 2.15. The molecule has 0 fully saturated rings. The van der Waals surface area contributed by atoms with Crippen LogP contribution in [0.1, 0.15) is 252 Å². The molecule has 0 heterocycles. The van der Waals surface area contributed by atoms with Crippen LogP contribution in [0.3, 0.4) is 0 Å². The van der Waals surface area contributed by atoms with Gasteiger partial charge in [-0.15, -0.1) is 0 Å². The lowest BCUT2D eigenvalue weighted by atomic mass is 10.0. The average molecular weight is 787 g/mol. The highest BCUT2D eigenvalue weighted by atomic mass is 16.6. The topological polar surface area (TPSA) is 61.8 Å². The van der Waals surface area contributed by atoms with Crippen LogP contribution in [0.25, 0.3) is 0 Å². The number of esters is 2. The number of allylic oxidation sites excluding steroid dienone is 6. The Kier molecular flexibility index (Phi) is 45.9. The lowest BCUT2D eigenvalue weighted by Crippen LogP contribution is -2.30. The van der Waals surface area contributed by atoms with Gasteiger partial charge in [-0.1, -0.05) is 224 Å². The third-order valence-corrected chi connectivity index (χ3v) is 10.7. The molecule has 0 aromatic heterocycles. The minimum atomic E-state index is -0.535. The molecule has 5 nitrogen and oxygen atoms in total. The molecule has 0 aromatic carbocycles. The number of ether oxygens (including phenoxy) is 3. The molecule has 0 bridgehead atoms. The largest absolute Gasteiger partial charge is 0.462 e. The quantitative estimate of drug-likeness (QED) is 0.0349. The Labute approximate surface area is 349 Å². The summed E-state index contributed by atoms with van der Waals surface area (Å²) in [6.45, 7) is 7.73. The van der Waals surface area contributed by atoms with Crippen LogP contribution in [0.4, 0.5) is 0 Å². The summed E-state index contributed by atoms with van der Waals surface area (Å²) in [5.74, 6) is -0.405. The van der Waals surface area contributed by atoms with Crippen molar-refractivity contribution in [1.29, 1.82) is 0 Å². The van der Waals surface area contributed by atoms with Crippen molar-refractivity contribution >= 4 is 11.9 Å². The number of carbonyl (C=O) groups is 2. The molecule has 0 saturated carbocycles. The van der Waals surface area contributed by atoms with E-state index in [4.69, 9.17) is 14.2 Å². The molecule has 0 spiro atoms. The van der Waals surface area contributed by atoms with Gasteiger partial charge in [0.1, 0.15) is 6.61 Å². The first-order chi connectivity index (χ1) is 27.6. The van der Waals surface area contributed by atoms with Gasteiger partial charge in [0, 0.05) is 19.4 Å². The van der Waals surface area contributed by atoms with Crippen LogP contribution in [0, 0.1) is 0 Å². The van der Waals surface area contributed by atoms with E-state index in [2.05, 4.69) is 57.2 Å². The molecule has 56 heavy (non-hydrogen) atoms. The fourth-order valence-electron chi connectivity index (χ4n) is 7.05. The van der Waals surface area contributed by atoms with Gasteiger partial charge in [0.2, 0.25) is 0 Å². The van der Waals surface area contributed by atoms with Crippen LogP contribution in [0.2, 0.25) is 0 Å². The van der Waals surface area contributed by atoms with E-state index in [-0.39, 0.29) is 25.2 Å². The molecule has 5 heteroatoms. The molecule has 328 valence electrons. The molecule has 0 aliphatic carbocycles. The Morgan fingerprint density at radius 3 is 1.29 bits per heavy atom. The van der Waals surface area contributed by atoms with Crippen molar-refractivity contribution < 1.29 is 23.8 Å². The molecule has 0 radical (unpaired) electrons. The van der Waals surface area contributed by atoms with Crippen molar-refractivity contribution in [3.05, 3.63) is 36.5 Å². The first-order valence-electron chi connectivity index (χ1n) is 24.5. The second kappa shape index (κ2) is 47.5. The third-order valence-electron chi connectivity index (χ3n) is 10.7. The monoisotopic (exact) mass is 787 g/mol. The van der Waals surface area contributed by atoms with Crippen molar-refractivity contribution in [2.45, 2.75) is 258 Å². The summed E-state index contributed by atoms with van der Waals surface area (Å²) in [6, 6.07) is 0. The van der Waals surface area contributed by atoms with Crippen molar-refractivity contribution in [2.24, 2.45) is 0 Å². The zero-order chi connectivity index (χ0) is 40.7. The molecule has 1 atom stereocenters. The smallest absolute Gasteiger partial charge is 0.306 e. The van der Waals surface area contributed by atoms with Crippen LogP contribution in [0.15, 0.2) is 36.5 Å². The molecule has 0 aliphatic rings. The molecule has 0 N–H and O–H groups in total. The first kappa shape index (κ1) is 54.1. The molecule has 0 rings (SSSR count). The van der Waals surface area contributed by atoms with E-state index in [0.717, 1.165) is 64.2 Å². The second-order valence-electron chi connectivity index (χ2n) is 16.4. The minimum absolute atomic E-state index is 0.0819. The summed E-state index contributed by atoms with van der Waals surface area (Å²) < 4.78 is 17.4. The predicted molar refractivity (Wildman–Crippen MR) is 242 cm³/mol. The van der Waals surface area contributed by atoms with Crippen molar-refractivity contribution in [2.75, 3.05) is 19.8 Å². The summed E-state index contributed by atoms with van der Waals surface area (Å²) >= 11 is 0. The zero-order valence-electron chi connectivity index (χ0n) is 37.7. The van der Waals surface area contributed by atoms with Crippen molar-refractivity contribution in [1.82, 2.24) is 0 Å². The maximum Gasteiger partial charge on any atom is 0.306 e. The van der Waals surface area contributed by atoms with E-state index in [9.17, 15) is 9.59 Å². The maximum atomic E-state index is 12.7. The van der Waals surface area contributed by atoms with E-state index in [1.165, 1.54) is 154 Å². The van der Waals surface area contributed by atoms with Gasteiger partial charge in [-0.2, -0.15) is 0 Å². The van der Waals surface area contributed by atoms with Gasteiger partial charge in [0.25, 0.3) is 0 Å². The summed E-state index contributed by atoms with van der Waals surface area (Å²) in [6.07, 6.45) is 55.7. The summed E-state index contributed by atoms with van der Waals surface area (Å²) in [5, 5.41) is 0. The lowest BCUT2D eigenvalue weighted by Gasteiger charge is -2.18. The van der Waals surface area contributed by atoms with Gasteiger partial charge in [-0.25, -0.2) is 0 Å². The maximum absolute atomic E-state index is 12.7. The van der Waals surface area contributed by atoms with Crippen LogP contribution in [-0.2, 0) is 23.8 Å². The number of carbonyl (C=O) groups excluding carboxylic acids is 2. The number of hydrogen-bond acceptors (Lipinski definition) is 5. The van der Waals surface area contributed by atoms with Gasteiger partial charge < -0.3 is 14.2 Å². The van der Waals surface area contributed by atoms with Crippen molar-refractivity contribution in [3.8, 4) is 0 Å². The van der Waals surface area contributed by atoms with E-state index in [0.29, 0.717) is 19.4 Å². The molecular weight excluding hydrogens is 693 g/mol. The summed E-state index contributed by atoms with van der Waals surface area (Å²) in [7, 11) is 0. The van der Waals surface area contributed by atoms with Gasteiger partial charge in [0.05, 0.1) is 6.61 Å². The van der Waals surface area contributed by atoms with Crippen LogP contribution in [-0.4, -0.2) is 37.9 Å². The fourth-order valence-corrected chi connectivity index (χ4v) is 7.05. The Bertz CT molecular complexity index is 893. The van der Waals surface area contributed by atoms with Gasteiger partial charge in [-0.3, -0.25) is 9.59 Å². The van der Waals surface area contributed by atoms with Crippen LogP contribution < -0.4 is 0 Å². The standard InChI is InChI=1S/C51H94O5/c1-4-7-10-13-16-19-22-24-26-27-30-32-35-38-41-44-50(52)55-48-49(56-51(53)45-42-39-36-33-29-21-18-15-12-9-6-3)47-54-46-43-40-37-34-31-28-25-23-20-17-14-11-8-5-2/h7,10,16,19,24,26,49H,4-6,8-9,11-15,17-18,20-23,25,27-48H2,1-3H3/b10-7-,19-16-,26-24-. The zero-order valence-corrected chi connectivity index (χ0v) is 37.7. The van der Waals surface area contributed by atoms with E-state index >= 15 is 0 Å². The van der Waals surface area contributed by atoms with E-state index < -0.39 is 6.10 Å². The minimum Gasteiger partial charge on any atom is -0.462 e. The number of unbranched alkanes of at least 4 members (excludes halogenated alkanes) is 28. The third kappa shape index (κ3) is 44.8. The molecule has 0 aliphatic heterocycles. The van der Waals surface area contributed by atoms with Gasteiger partial charge in [-0.05, 0) is 51.4 Å². The van der Waals surface area contributed by atoms with E-state index in [1.807, 2.05) is 0 Å². The molecule has 0 amide bonds. The van der Waals surface area contributed by atoms with Gasteiger partial charge in [0.15, 0.2) is 6.10 Å². The fraction of sp³-hybridized carbons (Fsp3) is 0.843. The summed E-state index contributed by atoms with van der Waals surface area (Å²) in [5.41, 5.74) is 0. The first-order valence-corrected chi connectivity index (χ1v) is 24.5. The number of hydrogen-bond donors (Lipinski definition) is 0.